The first-order valence-corrected chi connectivity index (χ1v) is 10.0. The number of nitrogens with one attached hydrogen (secondary N) is 2. The van der Waals surface area contributed by atoms with Crippen molar-refractivity contribution in [3.8, 4) is 5.69 Å². The first-order chi connectivity index (χ1) is 14.3. The van der Waals surface area contributed by atoms with Crippen molar-refractivity contribution in [1.29, 1.82) is 0 Å². The van der Waals surface area contributed by atoms with E-state index in [0.29, 0.717) is 17.8 Å². The van der Waals surface area contributed by atoms with Crippen molar-refractivity contribution in [2.75, 3.05) is 0 Å². The highest BCUT2D eigenvalue weighted by molar-refractivity contribution is 5.93. The van der Waals surface area contributed by atoms with Crippen LogP contribution in [-0.4, -0.2) is 43.8 Å². The highest BCUT2D eigenvalue weighted by Gasteiger charge is 2.29. The first-order valence-electron chi connectivity index (χ1n) is 10.0. The van der Waals surface area contributed by atoms with Crippen LogP contribution in [0.15, 0.2) is 24.3 Å². The third kappa shape index (κ3) is 4.81. The Morgan fingerprint density at radius 2 is 2.07 bits per heavy atom. The van der Waals surface area contributed by atoms with Gasteiger partial charge in [-0.05, 0) is 46.1 Å². The molecule has 2 atom stereocenters. The third-order valence-electron chi connectivity index (χ3n) is 5.21. The number of aromatic nitrogens is 3. The average Bonchev–Trinajstić information content (AvgIpc) is 3.09. The molecule has 0 aliphatic heterocycles. The van der Waals surface area contributed by atoms with Crippen LogP contribution in [0.3, 0.4) is 0 Å². The van der Waals surface area contributed by atoms with E-state index in [1.165, 1.54) is 16.8 Å². The summed E-state index contributed by atoms with van der Waals surface area (Å²) in [5, 5.41) is 24.9. The summed E-state index contributed by atoms with van der Waals surface area (Å²) in [6.45, 7) is 5.54. The van der Waals surface area contributed by atoms with E-state index in [9.17, 15) is 19.7 Å². The van der Waals surface area contributed by atoms with Crippen LogP contribution in [0.1, 0.15) is 55.7 Å². The van der Waals surface area contributed by atoms with Gasteiger partial charge >= 0.3 is 0 Å². The van der Waals surface area contributed by atoms with Crippen LogP contribution in [0.4, 0.5) is 5.69 Å². The second-order valence-electron chi connectivity index (χ2n) is 7.91. The first kappa shape index (κ1) is 21.4. The zero-order valence-electron chi connectivity index (χ0n) is 17.3. The molecule has 2 N–H and O–H groups in total. The van der Waals surface area contributed by atoms with E-state index in [-0.39, 0.29) is 41.2 Å². The topological polar surface area (TPSA) is 132 Å². The normalized spacial score (nSPS) is 18.8. The molecule has 30 heavy (non-hydrogen) atoms. The van der Waals surface area contributed by atoms with Crippen LogP contribution in [0, 0.1) is 23.0 Å². The molecule has 160 valence electrons. The fraction of sp³-hybridized carbons (Fsp3) is 0.500. The van der Waals surface area contributed by atoms with Crippen molar-refractivity contribution < 1.29 is 14.5 Å². The van der Waals surface area contributed by atoms with E-state index < -0.39 is 4.92 Å². The maximum Gasteiger partial charge on any atom is 0.273 e. The van der Waals surface area contributed by atoms with Crippen molar-refractivity contribution in [2.45, 2.75) is 58.5 Å². The van der Waals surface area contributed by atoms with E-state index in [4.69, 9.17) is 0 Å². The second-order valence-corrected chi connectivity index (χ2v) is 7.91. The fourth-order valence-corrected chi connectivity index (χ4v) is 3.74. The molecule has 2 unspecified atom stereocenters. The number of carbonyl (C=O) groups is 2. The Hall–Kier alpha value is -3.30. The van der Waals surface area contributed by atoms with Gasteiger partial charge in [0.1, 0.15) is 0 Å². The van der Waals surface area contributed by atoms with Gasteiger partial charge in [-0.25, -0.2) is 4.68 Å². The molecule has 1 saturated carbocycles. The van der Waals surface area contributed by atoms with E-state index in [0.717, 1.165) is 19.3 Å². The van der Waals surface area contributed by atoms with Gasteiger partial charge in [-0.1, -0.05) is 17.7 Å². The molecule has 2 amide bonds. The van der Waals surface area contributed by atoms with E-state index in [1.54, 1.807) is 19.1 Å². The summed E-state index contributed by atoms with van der Waals surface area (Å²) in [5.74, 6) is -0.455. The van der Waals surface area contributed by atoms with Gasteiger partial charge in [0.05, 0.1) is 16.3 Å². The Kier molecular flexibility index (Phi) is 6.43. The lowest BCUT2D eigenvalue weighted by Gasteiger charge is -2.29. The summed E-state index contributed by atoms with van der Waals surface area (Å²) in [6, 6.07) is 5.95. The maximum absolute atomic E-state index is 12.8. The van der Waals surface area contributed by atoms with Crippen molar-refractivity contribution >= 4 is 17.5 Å². The largest absolute Gasteiger partial charge is 0.354 e. The molecule has 3 rings (SSSR count). The highest BCUT2D eigenvalue weighted by atomic mass is 16.6. The van der Waals surface area contributed by atoms with Gasteiger partial charge in [-0.15, -0.1) is 5.10 Å². The number of nitro benzene ring substituents is 1. The van der Waals surface area contributed by atoms with Crippen molar-refractivity contribution in [3.63, 3.8) is 0 Å². The highest BCUT2D eigenvalue weighted by Crippen LogP contribution is 2.25. The van der Waals surface area contributed by atoms with Gasteiger partial charge in [-0.2, -0.15) is 0 Å². The number of rotatable bonds is 6. The summed E-state index contributed by atoms with van der Waals surface area (Å²) in [4.78, 5) is 35.6. The minimum Gasteiger partial charge on any atom is -0.354 e. The number of hydrogen-bond donors (Lipinski definition) is 2. The van der Waals surface area contributed by atoms with Gasteiger partial charge in [-0.3, -0.25) is 19.7 Å². The zero-order valence-corrected chi connectivity index (χ0v) is 17.3. The maximum atomic E-state index is 12.8. The summed E-state index contributed by atoms with van der Waals surface area (Å²) in [7, 11) is 0. The molecule has 1 fully saturated rings. The quantitative estimate of drug-likeness (QED) is 0.551. The van der Waals surface area contributed by atoms with Crippen LogP contribution < -0.4 is 10.6 Å². The number of hydrogen-bond acceptors (Lipinski definition) is 6. The van der Waals surface area contributed by atoms with Crippen molar-refractivity contribution in [2.24, 2.45) is 5.92 Å². The van der Waals surface area contributed by atoms with E-state index >= 15 is 0 Å². The summed E-state index contributed by atoms with van der Waals surface area (Å²) < 4.78 is 1.40. The molecule has 0 saturated heterocycles. The van der Waals surface area contributed by atoms with Crippen LogP contribution in [0.2, 0.25) is 0 Å². The molecule has 2 aromatic rings. The number of nitrogens with zero attached hydrogens (tertiary/aromatic N) is 4. The Balaban J connectivity index is 1.70. The monoisotopic (exact) mass is 414 g/mol. The summed E-state index contributed by atoms with van der Waals surface area (Å²) in [6.07, 6.45) is 3.06. The van der Waals surface area contributed by atoms with Crippen molar-refractivity contribution in [3.05, 3.63) is 45.8 Å². The number of amides is 2. The lowest BCUT2D eigenvalue weighted by atomic mass is 9.85. The predicted molar refractivity (Wildman–Crippen MR) is 109 cm³/mol. The fourth-order valence-electron chi connectivity index (χ4n) is 3.74. The van der Waals surface area contributed by atoms with Crippen LogP contribution in [-0.2, 0) is 4.79 Å². The predicted octanol–water partition coefficient (Wildman–Crippen LogP) is 2.30. The molecule has 10 nitrogen and oxygen atoms in total. The Morgan fingerprint density at radius 3 is 2.77 bits per heavy atom. The molecule has 1 aromatic carbocycles. The van der Waals surface area contributed by atoms with Gasteiger partial charge in [0.25, 0.3) is 11.6 Å². The molecule has 1 aliphatic rings. The van der Waals surface area contributed by atoms with Gasteiger partial charge < -0.3 is 10.6 Å². The number of benzene rings is 1. The zero-order chi connectivity index (χ0) is 21.8. The number of carbonyl (C=O) groups excluding carboxylic acids is 2. The molecule has 1 aromatic heterocycles. The molecule has 1 heterocycles. The standard InChI is InChI=1S/C20H26N6O4/c1-12(2)21-19(27)14-6-4-7-15(10-14)22-20(28)18-13(3)25(24-23-18)16-8-5-9-17(11-16)26(29)30/h5,8-9,11-12,14-15H,4,6-7,10H2,1-3H3,(H,21,27)(H,22,28). The SMILES string of the molecule is Cc1c(C(=O)NC2CCCC(C(=O)NC(C)C)C2)nnn1-c1cccc([N+](=O)[O-])c1. The summed E-state index contributed by atoms with van der Waals surface area (Å²) in [5.41, 5.74) is 1.03. The molecular weight excluding hydrogens is 388 g/mol. The lowest BCUT2D eigenvalue weighted by molar-refractivity contribution is -0.384. The lowest BCUT2D eigenvalue weighted by Crippen LogP contribution is -2.44. The van der Waals surface area contributed by atoms with Crippen molar-refractivity contribution in [1.82, 2.24) is 25.6 Å². The Bertz CT molecular complexity index is 955. The number of nitro groups is 1. The van der Waals surface area contributed by atoms with Crippen LogP contribution >= 0.6 is 0 Å². The molecule has 0 radical (unpaired) electrons. The van der Waals surface area contributed by atoms with Gasteiger partial charge in [0.15, 0.2) is 5.69 Å². The van der Waals surface area contributed by atoms with E-state index in [2.05, 4.69) is 20.9 Å². The smallest absolute Gasteiger partial charge is 0.273 e. The minimum absolute atomic E-state index is 0.0248. The number of non-ortho nitro benzene ring substituents is 1. The van der Waals surface area contributed by atoms with Crippen LogP contribution in [0.25, 0.3) is 5.69 Å². The van der Waals surface area contributed by atoms with Gasteiger partial charge in [0.2, 0.25) is 5.91 Å². The molecule has 10 heteroatoms. The molecular formula is C20H26N6O4. The Labute approximate surface area is 174 Å². The molecule has 0 bridgehead atoms. The summed E-state index contributed by atoms with van der Waals surface area (Å²) >= 11 is 0. The van der Waals surface area contributed by atoms with E-state index in [1.807, 2.05) is 13.8 Å². The molecule has 0 spiro atoms. The Morgan fingerprint density at radius 1 is 1.30 bits per heavy atom. The molecule has 1 aliphatic carbocycles. The third-order valence-corrected chi connectivity index (χ3v) is 5.21. The van der Waals surface area contributed by atoms with Gasteiger partial charge in [0, 0.05) is 30.1 Å². The van der Waals surface area contributed by atoms with Crippen LogP contribution in [0.5, 0.6) is 0 Å². The minimum atomic E-state index is -0.488. The second kappa shape index (κ2) is 9.02. The average molecular weight is 414 g/mol.